The maximum atomic E-state index is 11.6. The lowest BCUT2D eigenvalue weighted by atomic mass is 10.1. The van der Waals surface area contributed by atoms with Crippen LogP contribution in [0.5, 0.6) is 0 Å². The van der Waals surface area contributed by atoms with E-state index < -0.39 is 0 Å². The van der Waals surface area contributed by atoms with Crippen molar-refractivity contribution in [2.75, 3.05) is 33.8 Å². The zero-order valence-electron chi connectivity index (χ0n) is 9.08. The number of hydrogen-bond acceptors (Lipinski definition) is 3. The second-order valence-corrected chi connectivity index (χ2v) is 3.67. The molecule has 1 rings (SSSR count). The molecule has 0 aliphatic carbocycles. The van der Waals surface area contributed by atoms with Gasteiger partial charge in [-0.15, -0.1) is 0 Å². The molecule has 1 heterocycles. The van der Waals surface area contributed by atoms with Crippen LogP contribution in [0, 0.1) is 0 Å². The highest BCUT2D eigenvalue weighted by atomic mass is 16.5. The Morgan fingerprint density at radius 3 is 2.64 bits per heavy atom. The second kappa shape index (κ2) is 5.98. The second-order valence-electron chi connectivity index (χ2n) is 3.67. The monoisotopic (exact) mass is 200 g/mol. The number of carbonyl (C=O) groups is 1. The zero-order valence-corrected chi connectivity index (χ0v) is 9.08. The third kappa shape index (κ3) is 3.27. The molecule has 0 aromatic heterocycles. The minimum Gasteiger partial charge on any atom is -0.381 e. The van der Waals surface area contributed by atoms with Crippen LogP contribution in [0.2, 0.25) is 0 Å². The van der Waals surface area contributed by atoms with Crippen molar-refractivity contribution in [2.45, 2.75) is 25.4 Å². The van der Waals surface area contributed by atoms with Gasteiger partial charge in [0.05, 0.1) is 6.10 Å². The van der Waals surface area contributed by atoms with Crippen LogP contribution in [0.1, 0.15) is 19.3 Å². The number of hydrogen-bond donors (Lipinski definition) is 1. The summed E-state index contributed by atoms with van der Waals surface area (Å²) in [6.45, 7) is 2.46. The van der Waals surface area contributed by atoms with Crippen LogP contribution in [-0.2, 0) is 9.53 Å². The van der Waals surface area contributed by atoms with Gasteiger partial charge >= 0.3 is 0 Å². The Bertz CT molecular complexity index is 177. The van der Waals surface area contributed by atoms with Crippen molar-refractivity contribution in [3.63, 3.8) is 0 Å². The van der Waals surface area contributed by atoms with Gasteiger partial charge in [-0.2, -0.15) is 0 Å². The predicted molar refractivity (Wildman–Crippen MR) is 55.2 cm³/mol. The van der Waals surface area contributed by atoms with Crippen molar-refractivity contribution in [3.05, 3.63) is 0 Å². The van der Waals surface area contributed by atoms with Crippen molar-refractivity contribution >= 4 is 5.91 Å². The highest BCUT2D eigenvalue weighted by Gasteiger charge is 2.21. The van der Waals surface area contributed by atoms with E-state index in [2.05, 4.69) is 5.32 Å². The number of nitrogens with one attached hydrogen (secondary N) is 1. The largest absolute Gasteiger partial charge is 0.381 e. The van der Waals surface area contributed by atoms with E-state index in [1.165, 1.54) is 0 Å². The molecule has 4 heteroatoms. The first kappa shape index (κ1) is 11.5. The molecule has 1 N–H and O–H groups in total. The molecule has 0 aromatic carbocycles. The maximum Gasteiger partial charge on any atom is 0.223 e. The lowest BCUT2D eigenvalue weighted by molar-refractivity contribution is -0.133. The van der Waals surface area contributed by atoms with Gasteiger partial charge in [0.15, 0.2) is 0 Å². The van der Waals surface area contributed by atoms with Gasteiger partial charge in [-0.05, 0) is 19.9 Å². The Hall–Kier alpha value is -0.610. The summed E-state index contributed by atoms with van der Waals surface area (Å²) in [7, 11) is 3.60. The molecule has 0 spiro atoms. The van der Waals surface area contributed by atoms with Gasteiger partial charge in [0.25, 0.3) is 0 Å². The fourth-order valence-electron chi connectivity index (χ4n) is 1.73. The van der Waals surface area contributed by atoms with E-state index in [1.54, 1.807) is 7.11 Å². The van der Waals surface area contributed by atoms with E-state index in [4.69, 9.17) is 4.74 Å². The fraction of sp³-hybridized carbons (Fsp3) is 0.900. The number of piperidine rings is 1. The van der Waals surface area contributed by atoms with Crippen molar-refractivity contribution in [3.8, 4) is 0 Å². The number of nitrogens with zero attached hydrogens (tertiary/aromatic N) is 1. The Labute approximate surface area is 85.6 Å². The maximum absolute atomic E-state index is 11.6. The summed E-state index contributed by atoms with van der Waals surface area (Å²) in [4.78, 5) is 13.5. The highest BCUT2D eigenvalue weighted by Crippen LogP contribution is 2.13. The molecule has 0 unspecified atom stereocenters. The molecule has 1 amide bonds. The standard InChI is InChI=1S/C10H20N2O2/c1-11-6-3-10(13)12-7-4-9(14-2)5-8-12/h9,11H,3-8H2,1-2H3. The average molecular weight is 200 g/mol. The van der Waals surface area contributed by atoms with E-state index in [-0.39, 0.29) is 5.91 Å². The number of ether oxygens (including phenoxy) is 1. The number of methoxy groups -OCH3 is 1. The molecule has 0 bridgehead atoms. The van der Waals surface area contributed by atoms with Crippen LogP contribution < -0.4 is 5.32 Å². The first-order valence-electron chi connectivity index (χ1n) is 5.23. The molecular formula is C10H20N2O2. The average Bonchev–Trinajstić information content (AvgIpc) is 2.26. The lowest BCUT2D eigenvalue weighted by Crippen LogP contribution is -2.41. The summed E-state index contributed by atoms with van der Waals surface area (Å²) in [6.07, 6.45) is 2.90. The number of carbonyl (C=O) groups excluding carboxylic acids is 1. The Morgan fingerprint density at radius 1 is 1.50 bits per heavy atom. The molecule has 0 saturated carbocycles. The molecule has 0 atom stereocenters. The molecule has 0 aromatic rings. The Morgan fingerprint density at radius 2 is 2.14 bits per heavy atom. The minimum absolute atomic E-state index is 0.258. The topological polar surface area (TPSA) is 41.6 Å². The third-order valence-corrected chi connectivity index (χ3v) is 2.72. The van der Waals surface area contributed by atoms with Gasteiger partial charge in [0.1, 0.15) is 0 Å². The molecule has 1 aliphatic rings. The van der Waals surface area contributed by atoms with Crippen molar-refractivity contribution in [1.82, 2.24) is 10.2 Å². The smallest absolute Gasteiger partial charge is 0.223 e. The SMILES string of the molecule is CNCCC(=O)N1CCC(OC)CC1. The molecule has 1 fully saturated rings. The summed E-state index contributed by atoms with van der Waals surface area (Å²) in [6, 6.07) is 0. The van der Waals surface area contributed by atoms with Crippen LogP contribution >= 0.6 is 0 Å². The van der Waals surface area contributed by atoms with Gasteiger partial charge in [0, 0.05) is 33.2 Å². The van der Waals surface area contributed by atoms with Crippen molar-refractivity contribution < 1.29 is 9.53 Å². The van der Waals surface area contributed by atoms with Crippen LogP contribution in [0.3, 0.4) is 0 Å². The predicted octanol–water partition coefficient (Wildman–Crippen LogP) is 0.233. The summed E-state index contributed by atoms with van der Waals surface area (Å²) >= 11 is 0. The molecule has 0 radical (unpaired) electrons. The van der Waals surface area contributed by atoms with Crippen LogP contribution in [0.4, 0.5) is 0 Å². The molecule has 82 valence electrons. The van der Waals surface area contributed by atoms with E-state index in [0.717, 1.165) is 32.5 Å². The number of rotatable bonds is 4. The Kier molecular flexibility index (Phi) is 4.90. The fourth-order valence-corrected chi connectivity index (χ4v) is 1.73. The highest BCUT2D eigenvalue weighted by molar-refractivity contribution is 5.76. The van der Waals surface area contributed by atoms with Gasteiger partial charge in [-0.1, -0.05) is 0 Å². The van der Waals surface area contributed by atoms with Gasteiger partial charge in [-0.3, -0.25) is 4.79 Å². The van der Waals surface area contributed by atoms with Crippen LogP contribution in [0.25, 0.3) is 0 Å². The van der Waals surface area contributed by atoms with E-state index >= 15 is 0 Å². The molecular weight excluding hydrogens is 180 g/mol. The van der Waals surface area contributed by atoms with E-state index in [9.17, 15) is 4.79 Å². The third-order valence-electron chi connectivity index (χ3n) is 2.72. The van der Waals surface area contributed by atoms with E-state index in [1.807, 2.05) is 11.9 Å². The normalized spacial score (nSPS) is 18.6. The molecule has 14 heavy (non-hydrogen) atoms. The zero-order chi connectivity index (χ0) is 10.4. The molecule has 1 saturated heterocycles. The summed E-state index contributed by atoms with van der Waals surface area (Å²) in [5, 5.41) is 2.99. The van der Waals surface area contributed by atoms with Crippen molar-refractivity contribution in [2.24, 2.45) is 0 Å². The quantitative estimate of drug-likeness (QED) is 0.706. The van der Waals surface area contributed by atoms with Gasteiger partial charge in [0.2, 0.25) is 5.91 Å². The summed E-state index contributed by atoms with van der Waals surface area (Å²) in [5.41, 5.74) is 0. The summed E-state index contributed by atoms with van der Waals surface area (Å²) < 4.78 is 5.25. The van der Waals surface area contributed by atoms with Crippen LogP contribution in [0.15, 0.2) is 0 Å². The molecule has 1 aliphatic heterocycles. The van der Waals surface area contributed by atoms with Crippen molar-refractivity contribution in [1.29, 1.82) is 0 Å². The molecule has 4 nitrogen and oxygen atoms in total. The van der Waals surface area contributed by atoms with Gasteiger partial charge < -0.3 is 15.0 Å². The first-order chi connectivity index (χ1) is 6.77. The van der Waals surface area contributed by atoms with E-state index in [0.29, 0.717) is 12.5 Å². The minimum atomic E-state index is 0.258. The first-order valence-corrected chi connectivity index (χ1v) is 5.23. The number of likely N-dealkylation sites (tertiary alicyclic amines) is 1. The van der Waals surface area contributed by atoms with Gasteiger partial charge in [-0.25, -0.2) is 0 Å². The lowest BCUT2D eigenvalue weighted by Gasteiger charge is -2.31. The Balaban J connectivity index is 2.23. The summed E-state index contributed by atoms with van der Waals surface area (Å²) in [5.74, 6) is 0.258. The van der Waals surface area contributed by atoms with Crippen LogP contribution in [-0.4, -0.2) is 50.7 Å². The number of amides is 1.